The van der Waals surface area contributed by atoms with Crippen molar-refractivity contribution < 1.29 is 4.79 Å². The van der Waals surface area contributed by atoms with E-state index in [0.717, 1.165) is 11.3 Å². The first-order valence-electron chi connectivity index (χ1n) is 4.70. The summed E-state index contributed by atoms with van der Waals surface area (Å²) >= 11 is 8.47. The van der Waals surface area contributed by atoms with Crippen LogP contribution in [0.2, 0.25) is 0 Å². The fraction of sp³-hybridized carbons (Fsp3) is 0.400. The Hall–Kier alpha value is -0.200. The normalized spacial score (nSPS) is 26.9. The van der Waals surface area contributed by atoms with Gasteiger partial charge in [0.25, 0.3) is 0 Å². The van der Waals surface area contributed by atoms with Gasteiger partial charge >= 0.3 is 0 Å². The molecule has 0 aromatic carbocycles. The number of amides is 1. The molecule has 16 heavy (non-hydrogen) atoms. The lowest BCUT2D eigenvalue weighted by atomic mass is 10.1. The molecule has 0 spiro atoms. The average Bonchev–Trinajstić information content (AvgIpc) is 2.64. The lowest BCUT2D eigenvalue weighted by Crippen LogP contribution is -2.29. The largest absolute Gasteiger partial charge is 0.272 e. The summed E-state index contributed by atoms with van der Waals surface area (Å²) in [4.78, 5) is 12.8. The molecule has 6 heteroatoms. The molecule has 86 valence electrons. The quantitative estimate of drug-likeness (QED) is 0.499. The second-order valence-electron chi connectivity index (χ2n) is 3.93. The highest BCUT2D eigenvalue weighted by molar-refractivity contribution is 9.25. The van der Waals surface area contributed by atoms with Crippen LogP contribution in [0.1, 0.15) is 18.2 Å². The monoisotopic (exact) mass is 364 g/mol. The number of carbonyl (C=O) groups is 1. The summed E-state index contributed by atoms with van der Waals surface area (Å²) in [5.41, 5.74) is 2.14. The number of alkyl halides is 2. The predicted molar refractivity (Wildman–Crippen MR) is 73.4 cm³/mol. The molecule has 1 amide bonds. The SMILES string of the molecule is C[C@]1(C(=O)NN=Cc2cccs2)CC1(Br)Br. The second-order valence-corrected chi connectivity index (χ2v) is 8.68. The van der Waals surface area contributed by atoms with Crippen LogP contribution >= 0.6 is 43.2 Å². The molecular formula is C10H10Br2N2OS. The topological polar surface area (TPSA) is 41.5 Å². The van der Waals surface area contributed by atoms with Crippen molar-refractivity contribution in [1.29, 1.82) is 0 Å². The summed E-state index contributed by atoms with van der Waals surface area (Å²) in [6.45, 7) is 1.90. The smallest absolute Gasteiger partial charge is 0.248 e. The molecule has 1 fully saturated rings. The van der Waals surface area contributed by atoms with Crippen molar-refractivity contribution in [3.05, 3.63) is 22.4 Å². The minimum atomic E-state index is -0.417. The minimum absolute atomic E-state index is 0.0749. The van der Waals surface area contributed by atoms with Crippen molar-refractivity contribution in [3.8, 4) is 0 Å². The number of thiophene rings is 1. The lowest BCUT2D eigenvalue weighted by Gasteiger charge is -2.09. The molecule has 1 N–H and O–H groups in total. The molecule has 0 saturated heterocycles. The van der Waals surface area contributed by atoms with E-state index in [1.165, 1.54) is 0 Å². The van der Waals surface area contributed by atoms with Gasteiger partial charge in [-0.3, -0.25) is 4.79 Å². The fourth-order valence-electron chi connectivity index (χ4n) is 1.29. The van der Waals surface area contributed by atoms with Crippen LogP contribution in [0.4, 0.5) is 0 Å². The molecule has 0 aliphatic heterocycles. The predicted octanol–water partition coefficient (Wildman–Crippen LogP) is 3.09. The summed E-state index contributed by atoms with van der Waals surface area (Å²) < 4.78 is -0.268. The van der Waals surface area contributed by atoms with Crippen LogP contribution in [0, 0.1) is 5.41 Å². The number of rotatable bonds is 3. The van der Waals surface area contributed by atoms with Gasteiger partial charge in [-0.15, -0.1) is 11.3 Å². The molecule has 0 unspecified atom stereocenters. The first-order valence-corrected chi connectivity index (χ1v) is 7.17. The number of hydrazone groups is 1. The van der Waals surface area contributed by atoms with Gasteiger partial charge in [-0.1, -0.05) is 37.9 Å². The number of carbonyl (C=O) groups excluding carboxylic acids is 1. The molecule has 0 radical (unpaired) electrons. The minimum Gasteiger partial charge on any atom is -0.272 e. The van der Waals surface area contributed by atoms with E-state index in [0.29, 0.717) is 0 Å². The molecule has 1 atom stereocenters. The van der Waals surface area contributed by atoms with Gasteiger partial charge in [-0.2, -0.15) is 5.10 Å². The molecule has 1 heterocycles. The number of hydrogen-bond acceptors (Lipinski definition) is 3. The van der Waals surface area contributed by atoms with Gasteiger partial charge in [0.2, 0.25) is 5.91 Å². The van der Waals surface area contributed by atoms with Crippen molar-refractivity contribution in [2.24, 2.45) is 10.5 Å². The molecule has 1 aliphatic carbocycles. The first kappa shape index (κ1) is 12.3. The molecule has 2 rings (SSSR count). The standard InChI is InChI=1S/C10H10Br2N2OS/c1-9(6-10(9,11)12)8(15)14-13-5-7-3-2-4-16-7/h2-5H,6H2,1H3,(H,14,15)/t9-/m1/s1. The van der Waals surface area contributed by atoms with Gasteiger partial charge in [0.1, 0.15) is 0 Å². The van der Waals surface area contributed by atoms with E-state index in [1.807, 2.05) is 24.4 Å². The third kappa shape index (κ3) is 2.24. The van der Waals surface area contributed by atoms with Crippen LogP contribution in [0.15, 0.2) is 22.6 Å². The average molecular weight is 366 g/mol. The van der Waals surface area contributed by atoms with Crippen LogP contribution in [0.25, 0.3) is 0 Å². The van der Waals surface area contributed by atoms with E-state index in [2.05, 4.69) is 42.4 Å². The van der Waals surface area contributed by atoms with Crippen LogP contribution in [0.3, 0.4) is 0 Å². The highest BCUT2D eigenvalue weighted by atomic mass is 79.9. The van der Waals surface area contributed by atoms with Crippen LogP contribution in [-0.4, -0.2) is 15.4 Å². The van der Waals surface area contributed by atoms with E-state index < -0.39 is 5.41 Å². The van der Waals surface area contributed by atoms with Crippen molar-refractivity contribution >= 4 is 55.3 Å². The molecule has 1 saturated carbocycles. The molecular weight excluding hydrogens is 356 g/mol. The zero-order valence-corrected chi connectivity index (χ0v) is 12.5. The van der Waals surface area contributed by atoms with E-state index in [9.17, 15) is 4.79 Å². The van der Waals surface area contributed by atoms with Gasteiger partial charge in [-0.25, -0.2) is 5.43 Å². The zero-order valence-electron chi connectivity index (χ0n) is 8.54. The summed E-state index contributed by atoms with van der Waals surface area (Å²) in [5.74, 6) is -0.0749. The summed E-state index contributed by atoms with van der Waals surface area (Å²) in [6.07, 6.45) is 2.42. The summed E-state index contributed by atoms with van der Waals surface area (Å²) in [5, 5.41) is 5.90. The highest BCUT2D eigenvalue weighted by Crippen LogP contribution is 2.66. The van der Waals surface area contributed by atoms with E-state index in [-0.39, 0.29) is 9.14 Å². The second kappa shape index (κ2) is 4.23. The Morgan fingerprint density at radius 1 is 1.69 bits per heavy atom. The van der Waals surface area contributed by atoms with Crippen LogP contribution < -0.4 is 5.43 Å². The van der Waals surface area contributed by atoms with Gasteiger partial charge in [0, 0.05) is 4.88 Å². The van der Waals surface area contributed by atoms with E-state index in [4.69, 9.17) is 0 Å². The summed E-state index contributed by atoms with van der Waals surface area (Å²) in [6, 6.07) is 3.89. The van der Waals surface area contributed by atoms with Gasteiger partial charge in [0.15, 0.2) is 0 Å². The lowest BCUT2D eigenvalue weighted by molar-refractivity contribution is -0.125. The Kier molecular flexibility index (Phi) is 3.25. The van der Waals surface area contributed by atoms with Crippen molar-refractivity contribution in [3.63, 3.8) is 0 Å². The molecule has 1 aromatic heterocycles. The van der Waals surface area contributed by atoms with Crippen molar-refractivity contribution in [2.45, 2.75) is 16.6 Å². The molecule has 1 aliphatic rings. The first-order chi connectivity index (χ1) is 7.46. The number of halogens is 2. The maximum atomic E-state index is 11.8. The fourth-order valence-corrected chi connectivity index (χ4v) is 3.36. The Balaban J connectivity index is 1.90. The van der Waals surface area contributed by atoms with Gasteiger partial charge in [0.05, 0.1) is 14.9 Å². The maximum absolute atomic E-state index is 11.8. The molecule has 1 aromatic rings. The number of hydrogen-bond donors (Lipinski definition) is 1. The van der Waals surface area contributed by atoms with Crippen LogP contribution in [0.5, 0.6) is 0 Å². The maximum Gasteiger partial charge on any atom is 0.248 e. The van der Waals surface area contributed by atoms with Gasteiger partial charge < -0.3 is 0 Å². The van der Waals surface area contributed by atoms with Crippen molar-refractivity contribution in [1.82, 2.24) is 5.43 Å². The van der Waals surface area contributed by atoms with E-state index in [1.54, 1.807) is 17.6 Å². The number of nitrogens with zero attached hydrogens (tertiary/aromatic N) is 1. The van der Waals surface area contributed by atoms with Gasteiger partial charge in [-0.05, 0) is 24.8 Å². The molecule has 0 bridgehead atoms. The Morgan fingerprint density at radius 3 is 2.88 bits per heavy atom. The van der Waals surface area contributed by atoms with E-state index >= 15 is 0 Å². The highest BCUT2D eigenvalue weighted by Gasteiger charge is 2.66. The third-order valence-corrected chi connectivity index (χ3v) is 5.78. The van der Waals surface area contributed by atoms with Crippen LogP contribution in [-0.2, 0) is 4.79 Å². The Morgan fingerprint density at radius 2 is 2.38 bits per heavy atom. The Labute approximate surface area is 115 Å². The summed E-state index contributed by atoms with van der Waals surface area (Å²) in [7, 11) is 0. The van der Waals surface area contributed by atoms with Crippen molar-refractivity contribution in [2.75, 3.05) is 0 Å². The third-order valence-electron chi connectivity index (χ3n) is 2.66. The number of nitrogens with one attached hydrogen (secondary N) is 1. The Bertz CT molecular complexity index is 430. The zero-order chi connectivity index (χ0) is 11.8. The molecule has 3 nitrogen and oxygen atoms in total.